The van der Waals surface area contributed by atoms with Crippen molar-refractivity contribution < 1.29 is 15.0 Å². The van der Waals surface area contributed by atoms with Crippen molar-refractivity contribution in [2.75, 3.05) is 6.61 Å². The Hall–Kier alpha value is -1.91. The van der Waals surface area contributed by atoms with Gasteiger partial charge in [0.1, 0.15) is 0 Å². The van der Waals surface area contributed by atoms with Gasteiger partial charge in [0, 0.05) is 6.42 Å². The topological polar surface area (TPSA) is 69.6 Å². The van der Waals surface area contributed by atoms with Gasteiger partial charge in [-0.2, -0.15) is 0 Å². The molecule has 0 aromatic rings. The second-order valence-corrected chi connectivity index (χ2v) is 21.1. The van der Waals surface area contributed by atoms with E-state index < -0.39 is 12.1 Å². The third kappa shape index (κ3) is 56.9. The van der Waals surface area contributed by atoms with Crippen molar-refractivity contribution in [2.45, 2.75) is 341 Å². The summed E-state index contributed by atoms with van der Waals surface area (Å²) in [6.07, 6.45) is 85.7. The number of rotatable bonds is 57. The molecule has 0 spiro atoms. The highest BCUT2D eigenvalue weighted by Crippen LogP contribution is 2.17. The first-order valence-corrected chi connectivity index (χ1v) is 31.0. The Morgan fingerprint density at radius 3 is 0.942 bits per heavy atom. The van der Waals surface area contributed by atoms with Gasteiger partial charge in [0.2, 0.25) is 5.91 Å². The number of carbonyl (C=O) groups is 1. The maximum atomic E-state index is 12.5. The fourth-order valence-corrected chi connectivity index (χ4v) is 9.50. The fraction of sp³-hybridized carbons (Fsp3) is 0.831. The number of nitrogens with one attached hydrogen (secondary N) is 1. The van der Waals surface area contributed by atoms with Crippen LogP contribution < -0.4 is 5.32 Å². The molecule has 1 amide bonds. The average Bonchev–Trinajstić information content (AvgIpc) is 3.35. The van der Waals surface area contributed by atoms with Gasteiger partial charge in [0.15, 0.2) is 0 Å². The standard InChI is InChI=1S/C65H121NO3/c1-3-5-7-9-11-13-15-17-19-21-22-23-24-25-26-27-28-29-30-31-32-33-34-35-36-37-38-39-40-41-42-43-44-45-47-49-51-53-55-57-59-61-65(69)66-63(62-67)64(68)60-58-56-54-52-50-48-46-20-18-16-14-12-10-8-6-4-2/h15,17,21-22,24-25,50,52,58,60,63-64,67-68H,3-14,16,18-20,23,26-49,51,53-57,59,61-62H2,1-2H3,(H,66,69)/b17-15-,22-21-,25-24-,52-50+,60-58+. The van der Waals surface area contributed by atoms with Crippen LogP contribution in [0.5, 0.6) is 0 Å². The lowest BCUT2D eigenvalue weighted by Crippen LogP contribution is -2.45. The zero-order valence-corrected chi connectivity index (χ0v) is 46.6. The van der Waals surface area contributed by atoms with Crippen LogP contribution in [-0.2, 0) is 4.79 Å². The van der Waals surface area contributed by atoms with Crippen LogP contribution in [0.15, 0.2) is 60.8 Å². The highest BCUT2D eigenvalue weighted by atomic mass is 16.3. The predicted molar refractivity (Wildman–Crippen MR) is 308 cm³/mol. The summed E-state index contributed by atoms with van der Waals surface area (Å²) in [5.74, 6) is -0.0692. The Morgan fingerprint density at radius 2 is 0.609 bits per heavy atom. The maximum absolute atomic E-state index is 12.5. The highest BCUT2D eigenvalue weighted by molar-refractivity contribution is 5.76. The first kappa shape index (κ1) is 67.1. The highest BCUT2D eigenvalue weighted by Gasteiger charge is 2.18. The molecular formula is C65H121NO3. The number of carbonyl (C=O) groups excluding carboxylic acids is 1. The lowest BCUT2D eigenvalue weighted by molar-refractivity contribution is -0.123. The van der Waals surface area contributed by atoms with Crippen molar-refractivity contribution in [1.82, 2.24) is 5.32 Å². The molecule has 0 saturated heterocycles. The number of unbranched alkanes of at least 4 members (excludes halogenated alkanes) is 42. The zero-order chi connectivity index (χ0) is 49.9. The van der Waals surface area contributed by atoms with E-state index in [1.807, 2.05) is 6.08 Å². The summed E-state index contributed by atoms with van der Waals surface area (Å²) in [6, 6.07) is -0.638. The molecular weight excluding hydrogens is 843 g/mol. The molecule has 0 aromatic heterocycles. The van der Waals surface area contributed by atoms with Gasteiger partial charge in [-0.3, -0.25) is 4.79 Å². The Morgan fingerprint density at radius 1 is 0.348 bits per heavy atom. The molecule has 0 fully saturated rings. The molecule has 0 saturated carbocycles. The van der Waals surface area contributed by atoms with Gasteiger partial charge < -0.3 is 15.5 Å². The molecule has 0 aliphatic heterocycles. The minimum absolute atomic E-state index is 0.0692. The number of aliphatic hydroxyl groups is 2. The monoisotopic (exact) mass is 964 g/mol. The van der Waals surface area contributed by atoms with Crippen molar-refractivity contribution in [3.05, 3.63) is 60.8 Å². The summed E-state index contributed by atoms with van der Waals surface area (Å²) in [4.78, 5) is 12.5. The molecule has 404 valence electrons. The van der Waals surface area contributed by atoms with Crippen LogP contribution in [0.3, 0.4) is 0 Å². The van der Waals surface area contributed by atoms with Crippen LogP contribution in [0, 0.1) is 0 Å². The van der Waals surface area contributed by atoms with Crippen LogP contribution in [0.4, 0.5) is 0 Å². The van der Waals surface area contributed by atoms with Crippen molar-refractivity contribution >= 4 is 5.91 Å². The SMILES string of the molecule is CCCCCCC/C=C\C/C=C\C/C=C\CCCCCCCCCCCCCCCCCCCCCCCCCCCCC(=O)NC(CO)C(O)/C=C/CC/C=C/CCCCCCCCCCCC. The quantitative estimate of drug-likeness (QED) is 0.0420. The first-order valence-electron chi connectivity index (χ1n) is 31.0. The summed E-state index contributed by atoms with van der Waals surface area (Å²) in [5, 5.41) is 23.1. The number of aliphatic hydroxyl groups excluding tert-OH is 2. The molecule has 0 rings (SSSR count). The maximum Gasteiger partial charge on any atom is 0.220 e. The van der Waals surface area contributed by atoms with Crippen LogP contribution in [-0.4, -0.2) is 34.9 Å². The third-order valence-electron chi connectivity index (χ3n) is 14.2. The largest absolute Gasteiger partial charge is 0.394 e. The molecule has 4 nitrogen and oxygen atoms in total. The van der Waals surface area contributed by atoms with Crippen molar-refractivity contribution in [2.24, 2.45) is 0 Å². The van der Waals surface area contributed by atoms with Crippen LogP contribution in [0.1, 0.15) is 328 Å². The lowest BCUT2D eigenvalue weighted by Gasteiger charge is -2.19. The van der Waals surface area contributed by atoms with Gasteiger partial charge in [0.25, 0.3) is 0 Å². The van der Waals surface area contributed by atoms with Crippen molar-refractivity contribution in [3.8, 4) is 0 Å². The van der Waals surface area contributed by atoms with E-state index >= 15 is 0 Å². The molecule has 0 aromatic carbocycles. The van der Waals surface area contributed by atoms with Gasteiger partial charge in [-0.15, -0.1) is 0 Å². The molecule has 3 N–H and O–H groups in total. The van der Waals surface area contributed by atoms with E-state index in [4.69, 9.17) is 0 Å². The number of hydrogen-bond acceptors (Lipinski definition) is 3. The smallest absolute Gasteiger partial charge is 0.220 e. The van der Waals surface area contributed by atoms with Crippen molar-refractivity contribution in [1.29, 1.82) is 0 Å². The van der Waals surface area contributed by atoms with Crippen LogP contribution >= 0.6 is 0 Å². The summed E-state index contributed by atoms with van der Waals surface area (Å²) in [7, 11) is 0. The van der Waals surface area contributed by atoms with Gasteiger partial charge in [-0.1, -0.05) is 312 Å². The Balaban J connectivity index is 3.41. The number of amides is 1. The Bertz CT molecular complexity index is 1140. The molecule has 2 atom stereocenters. The van der Waals surface area contributed by atoms with Crippen LogP contribution in [0.2, 0.25) is 0 Å². The second kappa shape index (κ2) is 60.4. The van der Waals surface area contributed by atoms with Crippen molar-refractivity contribution in [3.63, 3.8) is 0 Å². The summed E-state index contributed by atoms with van der Waals surface area (Å²) >= 11 is 0. The molecule has 0 aliphatic carbocycles. The van der Waals surface area contributed by atoms with E-state index in [1.165, 1.54) is 263 Å². The minimum atomic E-state index is -0.862. The Kier molecular flexibility index (Phi) is 58.7. The van der Waals surface area contributed by atoms with Gasteiger partial charge >= 0.3 is 0 Å². The fourth-order valence-electron chi connectivity index (χ4n) is 9.50. The van der Waals surface area contributed by atoms with Gasteiger partial charge in [0.05, 0.1) is 18.8 Å². The second-order valence-electron chi connectivity index (χ2n) is 21.1. The zero-order valence-electron chi connectivity index (χ0n) is 46.6. The number of hydrogen-bond donors (Lipinski definition) is 3. The molecule has 0 radical (unpaired) electrons. The third-order valence-corrected chi connectivity index (χ3v) is 14.2. The normalized spacial score (nSPS) is 13.2. The van der Waals surface area contributed by atoms with E-state index in [0.29, 0.717) is 6.42 Å². The minimum Gasteiger partial charge on any atom is -0.394 e. The first-order chi connectivity index (χ1) is 34.2. The molecule has 4 heteroatoms. The molecule has 0 bridgehead atoms. The summed E-state index contributed by atoms with van der Waals surface area (Å²) in [6.45, 7) is 4.30. The average molecular weight is 965 g/mol. The predicted octanol–water partition coefficient (Wildman–Crippen LogP) is 20.8. The van der Waals surface area contributed by atoms with E-state index in [-0.39, 0.29) is 12.5 Å². The molecule has 69 heavy (non-hydrogen) atoms. The number of allylic oxidation sites excluding steroid dienone is 9. The van der Waals surface area contributed by atoms with Gasteiger partial charge in [-0.05, 0) is 70.6 Å². The van der Waals surface area contributed by atoms with E-state index in [1.54, 1.807) is 6.08 Å². The van der Waals surface area contributed by atoms with Crippen LogP contribution in [0.25, 0.3) is 0 Å². The molecule has 0 aliphatic rings. The lowest BCUT2D eigenvalue weighted by atomic mass is 10.0. The van der Waals surface area contributed by atoms with E-state index in [0.717, 1.165) is 44.9 Å². The van der Waals surface area contributed by atoms with E-state index in [9.17, 15) is 15.0 Å². The molecule has 2 unspecified atom stereocenters. The van der Waals surface area contributed by atoms with Gasteiger partial charge in [-0.25, -0.2) is 0 Å². The molecule has 0 heterocycles. The summed E-state index contributed by atoms with van der Waals surface area (Å²) < 4.78 is 0. The Labute approximate surface area is 432 Å². The summed E-state index contributed by atoms with van der Waals surface area (Å²) in [5.41, 5.74) is 0. The van der Waals surface area contributed by atoms with E-state index in [2.05, 4.69) is 67.8 Å².